The van der Waals surface area contributed by atoms with Crippen molar-refractivity contribution >= 4 is 21.4 Å². The van der Waals surface area contributed by atoms with Gasteiger partial charge in [-0.3, -0.25) is 4.72 Å². The van der Waals surface area contributed by atoms with Gasteiger partial charge in [-0.15, -0.1) is 0 Å². The van der Waals surface area contributed by atoms with Gasteiger partial charge in [-0.05, 0) is 55.2 Å². The smallest absolute Gasteiger partial charge is 0.262 e. The summed E-state index contributed by atoms with van der Waals surface area (Å²) in [5, 5.41) is 0. The van der Waals surface area contributed by atoms with E-state index in [2.05, 4.69) is 0 Å². The van der Waals surface area contributed by atoms with Crippen LogP contribution >= 0.6 is 0 Å². The molecular weight excluding hydrogens is 359 g/mol. The number of nitrogens with one attached hydrogen (secondary N) is 1. The summed E-state index contributed by atoms with van der Waals surface area (Å²) in [4.78, 5) is -1.37. The van der Waals surface area contributed by atoms with Crippen LogP contribution in [-0.4, -0.2) is 15.5 Å². The van der Waals surface area contributed by atoms with E-state index in [1.165, 1.54) is 0 Å². The third-order valence-corrected chi connectivity index (χ3v) is 4.19. The van der Waals surface area contributed by atoms with Crippen LogP contribution in [0.1, 0.15) is 20.8 Å². The van der Waals surface area contributed by atoms with E-state index in [4.69, 9.17) is 30.0 Å². The lowest BCUT2D eigenvalue weighted by atomic mass is 10.1. The van der Waals surface area contributed by atoms with Gasteiger partial charge in [-0.1, -0.05) is 0 Å². The number of sulfonamides is 1. The Kier molecular flexibility index (Phi) is 2.22. The van der Waals surface area contributed by atoms with Gasteiger partial charge >= 0.3 is 0 Å². The Balaban J connectivity index is 2.28. The Labute approximate surface area is 165 Å². The first-order valence-electron chi connectivity index (χ1n) is 12.2. The van der Waals surface area contributed by atoms with Gasteiger partial charge in [0.25, 0.3) is 10.0 Å². The predicted molar refractivity (Wildman–Crippen MR) is 97.1 cm³/mol. The molecular formula is C18H17FN2O4S. The van der Waals surface area contributed by atoms with Crippen molar-refractivity contribution in [2.24, 2.45) is 0 Å². The Bertz CT molecular complexity index is 1530. The zero-order chi connectivity index (χ0) is 28.4. The third kappa shape index (κ3) is 3.50. The van der Waals surface area contributed by atoms with E-state index in [1.54, 1.807) is 4.72 Å². The molecule has 0 unspecified atom stereocenters. The first-order valence-corrected chi connectivity index (χ1v) is 8.22. The van der Waals surface area contributed by atoms with Crippen molar-refractivity contribution in [3.63, 3.8) is 0 Å². The van der Waals surface area contributed by atoms with E-state index in [-0.39, 0.29) is 0 Å². The standard InChI is InChI=1S/C18H17FN2O4S/c1-11-3-7-17(25-11)14-6-5-13(10-15(14)19)26(22,23)21-16-9-12(20)4-8-18(16)24-2/h3-10,21H,20H2,1-2H3/i1D3,3D,4D,5D,6D,7D,8D,9D,10D. The van der Waals surface area contributed by atoms with E-state index in [0.29, 0.717) is 0 Å². The van der Waals surface area contributed by atoms with E-state index in [0.717, 1.165) is 7.11 Å². The fourth-order valence-electron chi connectivity index (χ4n) is 1.86. The average Bonchev–Trinajstić information content (AvgIpc) is 3.09. The second-order valence-corrected chi connectivity index (χ2v) is 6.33. The number of furan rings is 1. The molecule has 0 aliphatic heterocycles. The van der Waals surface area contributed by atoms with Gasteiger partial charge < -0.3 is 14.9 Å². The van der Waals surface area contributed by atoms with Crippen LogP contribution in [0.3, 0.4) is 0 Å². The summed E-state index contributed by atoms with van der Waals surface area (Å²) in [6, 6.07) is -7.93. The van der Waals surface area contributed by atoms with Gasteiger partial charge in [0.1, 0.15) is 23.1 Å². The predicted octanol–water partition coefficient (Wildman–Crippen LogP) is 3.79. The van der Waals surface area contributed by atoms with Crippen LogP contribution in [0.2, 0.25) is 0 Å². The van der Waals surface area contributed by atoms with Crippen molar-refractivity contribution in [2.45, 2.75) is 11.7 Å². The molecule has 26 heavy (non-hydrogen) atoms. The Morgan fingerprint density at radius 2 is 2.04 bits per heavy atom. The number of anilines is 2. The molecule has 0 radical (unpaired) electrons. The summed E-state index contributed by atoms with van der Waals surface area (Å²) < 4.78 is 139. The van der Waals surface area contributed by atoms with E-state index in [9.17, 15) is 8.42 Å². The lowest BCUT2D eigenvalue weighted by molar-refractivity contribution is 0.417. The van der Waals surface area contributed by atoms with Gasteiger partial charge in [0.2, 0.25) is 0 Å². The maximum atomic E-state index is 15.3. The molecule has 3 rings (SSSR count). The number of nitrogen functional groups attached to an aromatic ring is 1. The minimum absolute atomic E-state index is 0.594. The second kappa shape index (κ2) is 6.72. The maximum Gasteiger partial charge on any atom is 0.262 e. The monoisotopic (exact) mass is 387 g/mol. The number of hydrogen-bond donors (Lipinski definition) is 2. The van der Waals surface area contributed by atoms with Crippen LogP contribution in [0.25, 0.3) is 11.3 Å². The number of nitrogens with two attached hydrogens (primary N) is 1. The first kappa shape index (κ1) is 8.59. The van der Waals surface area contributed by atoms with Gasteiger partial charge in [0, 0.05) is 9.80 Å². The van der Waals surface area contributed by atoms with Crippen LogP contribution in [0.4, 0.5) is 15.8 Å². The summed E-state index contributed by atoms with van der Waals surface area (Å²) >= 11 is 0. The molecule has 3 aromatic rings. The highest BCUT2D eigenvalue weighted by Crippen LogP contribution is 2.31. The minimum Gasteiger partial charge on any atom is -0.495 e. The Morgan fingerprint density at radius 1 is 1.23 bits per heavy atom. The number of methoxy groups -OCH3 is 1. The van der Waals surface area contributed by atoms with Gasteiger partial charge in [0.15, 0.2) is 0 Å². The van der Waals surface area contributed by atoms with Crippen LogP contribution in [0, 0.1) is 12.7 Å². The number of hydrogen-bond acceptors (Lipinski definition) is 5. The summed E-state index contributed by atoms with van der Waals surface area (Å²) in [7, 11) is -4.13. The number of aryl methyl sites for hydroxylation is 1. The molecule has 0 bridgehead atoms. The Hall–Kier alpha value is -3.00. The van der Waals surface area contributed by atoms with E-state index >= 15 is 4.39 Å². The van der Waals surface area contributed by atoms with Crippen molar-refractivity contribution in [2.75, 3.05) is 17.6 Å². The summed E-state index contributed by atoms with van der Waals surface area (Å²) in [5.74, 6) is -4.31. The van der Waals surface area contributed by atoms with Crippen molar-refractivity contribution in [1.29, 1.82) is 0 Å². The molecule has 0 saturated carbocycles. The molecule has 0 saturated heterocycles. The lowest BCUT2D eigenvalue weighted by Gasteiger charge is -2.13. The van der Waals surface area contributed by atoms with Crippen molar-refractivity contribution < 1.29 is 37.0 Å². The van der Waals surface area contributed by atoms with Gasteiger partial charge in [-0.2, -0.15) is 0 Å². The fraction of sp³-hybridized carbons (Fsp3) is 0.111. The van der Waals surface area contributed by atoms with Crippen molar-refractivity contribution in [3.8, 4) is 17.1 Å². The summed E-state index contributed by atoms with van der Waals surface area (Å²) in [6.45, 7) is -3.02. The number of rotatable bonds is 5. The topological polar surface area (TPSA) is 94.6 Å². The molecule has 0 aliphatic rings. The fourth-order valence-corrected chi connectivity index (χ4v) is 2.78. The molecule has 0 spiro atoms. The quantitative estimate of drug-likeness (QED) is 0.650. The van der Waals surface area contributed by atoms with E-state index in [1.807, 2.05) is 0 Å². The molecule has 3 N–H and O–H groups in total. The third-order valence-electron chi connectivity index (χ3n) is 2.97. The van der Waals surface area contributed by atoms with Gasteiger partial charge in [0.05, 0.1) is 34.2 Å². The molecule has 1 heterocycles. The molecule has 2 aromatic carbocycles. The Morgan fingerprint density at radius 3 is 2.73 bits per heavy atom. The lowest BCUT2D eigenvalue weighted by Crippen LogP contribution is -2.14. The zero-order valence-corrected chi connectivity index (χ0v) is 13.8. The highest BCUT2D eigenvalue weighted by Gasteiger charge is 2.20. The van der Waals surface area contributed by atoms with Crippen molar-refractivity contribution in [3.05, 3.63) is 59.9 Å². The van der Waals surface area contributed by atoms with Gasteiger partial charge in [-0.25, -0.2) is 12.8 Å². The molecule has 1 aromatic heterocycles. The molecule has 0 fully saturated rings. The second-order valence-electron chi connectivity index (χ2n) is 4.71. The molecule has 136 valence electrons. The molecule has 0 aliphatic carbocycles. The van der Waals surface area contributed by atoms with Crippen LogP contribution in [0.5, 0.6) is 5.75 Å². The molecule has 8 heteroatoms. The van der Waals surface area contributed by atoms with Crippen LogP contribution in [0.15, 0.2) is 57.7 Å². The van der Waals surface area contributed by atoms with E-state index < -0.39 is 110 Å². The van der Waals surface area contributed by atoms with Crippen LogP contribution < -0.4 is 15.2 Å². The number of halogens is 1. The number of ether oxygens (including phenoxy) is 1. The first-order chi connectivity index (χ1) is 16.9. The minimum atomic E-state index is -5.15. The molecule has 0 amide bonds. The highest BCUT2D eigenvalue weighted by atomic mass is 32.2. The zero-order valence-electron chi connectivity index (χ0n) is 24.0. The van der Waals surface area contributed by atoms with Crippen LogP contribution in [-0.2, 0) is 10.0 Å². The molecule has 0 atom stereocenters. The van der Waals surface area contributed by atoms with Crippen molar-refractivity contribution in [1.82, 2.24) is 0 Å². The summed E-state index contributed by atoms with van der Waals surface area (Å²) in [6.07, 6.45) is 0. The largest absolute Gasteiger partial charge is 0.495 e. The maximum absolute atomic E-state index is 15.3. The SMILES string of the molecule is [2H]c1c(-c2c([2H])c([2H])c(S(=O)(=O)Nc3c([2H])c(N)c([2H])c([2H])c3OC)c([2H])c2F)oc(C([2H])([2H])[2H])c1[2H]. The summed E-state index contributed by atoms with van der Waals surface area (Å²) in [5.41, 5.74) is 3.18. The average molecular weight is 387 g/mol. The number of benzene rings is 2. The normalized spacial score (nSPS) is 17.8. The molecule has 6 nitrogen and oxygen atoms in total. The highest BCUT2D eigenvalue weighted by molar-refractivity contribution is 7.92.